The number of hydrogen-bond donors (Lipinski definition) is 2. The number of carbonyl (C=O) groups is 2. The maximum absolute atomic E-state index is 12.3. The first-order chi connectivity index (χ1) is 10.5. The molecule has 1 aliphatic heterocycles. The molecule has 0 saturated carbocycles. The molecule has 0 saturated heterocycles. The molecular weight excluding hydrogens is 348 g/mol. The number of ether oxygens (including phenoxy) is 1. The maximum atomic E-state index is 12.3. The number of amides is 2. The van der Waals surface area contributed by atoms with E-state index in [2.05, 4.69) is 26.6 Å². The largest absolute Gasteiger partial charge is 0.479 e. The van der Waals surface area contributed by atoms with Gasteiger partial charge in [0.2, 0.25) is 0 Å². The first-order valence-electron chi connectivity index (χ1n) is 6.72. The molecule has 0 fully saturated rings. The Kier molecular flexibility index (Phi) is 3.85. The molecule has 0 bridgehead atoms. The van der Waals surface area contributed by atoms with E-state index in [-0.39, 0.29) is 11.8 Å². The molecular formula is C16H13BrN2O3. The van der Waals surface area contributed by atoms with Gasteiger partial charge in [-0.25, -0.2) is 0 Å². The van der Waals surface area contributed by atoms with E-state index < -0.39 is 6.10 Å². The topological polar surface area (TPSA) is 67.4 Å². The van der Waals surface area contributed by atoms with Gasteiger partial charge in [0.15, 0.2) is 6.10 Å². The van der Waals surface area contributed by atoms with Gasteiger partial charge in [0, 0.05) is 10.2 Å². The molecule has 0 aliphatic carbocycles. The number of halogens is 1. The van der Waals surface area contributed by atoms with Crippen molar-refractivity contribution in [1.82, 2.24) is 0 Å². The van der Waals surface area contributed by atoms with Crippen LogP contribution in [0.3, 0.4) is 0 Å². The van der Waals surface area contributed by atoms with Crippen molar-refractivity contribution in [3.8, 4) is 5.75 Å². The second-order valence-electron chi connectivity index (χ2n) is 4.89. The van der Waals surface area contributed by atoms with E-state index in [1.165, 1.54) is 0 Å². The molecule has 22 heavy (non-hydrogen) atoms. The van der Waals surface area contributed by atoms with E-state index in [0.717, 1.165) is 4.47 Å². The Morgan fingerprint density at radius 1 is 1.27 bits per heavy atom. The summed E-state index contributed by atoms with van der Waals surface area (Å²) in [5, 5.41) is 5.55. The Morgan fingerprint density at radius 2 is 2.05 bits per heavy atom. The first kappa shape index (κ1) is 14.6. The molecule has 1 aliphatic rings. The summed E-state index contributed by atoms with van der Waals surface area (Å²) in [7, 11) is 0. The lowest BCUT2D eigenvalue weighted by molar-refractivity contribution is -0.122. The number of benzene rings is 2. The van der Waals surface area contributed by atoms with Crippen molar-refractivity contribution in [2.24, 2.45) is 0 Å². The van der Waals surface area contributed by atoms with Crippen LogP contribution in [0.1, 0.15) is 17.3 Å². The summed E-state index contributed by atoms with van der Waals surface area (Å²) < 4.78 is 6.19. The zero-order valence-corrected chi connectivity index (χ0v) is 13.3. The van der Waals surface area contributed by atoms with Gasteiger partial charge in [0.25, 0.3) is 11.8 Å². The zero-order valence-electron chi connectivity index (χ0n) is 11.7. The predicted molar refractivity (Wildman–Crippen MR) is 87.3 cm³/mol. The van der Waals surface area contributed by atoms with Crippen LogP contribution in [0.2, 0.25) is 0 Å². The minimum Gasteiger partial charge on any atom is -0.479 e. The minimum atomic E-state index is -0.520. The molecule has 2 N–H and O–H groups in total. The highest BCUT2D eigenvalue weighted by atomic mass is 79.9. The summed E-state index contributed by atoms with van der Waals surface area (Å²) in [4.78, 5) is 23.9. The van der Waals surface area contributed by atoms with Crippen LogP contribution < -0.4 is 15.4 Å². The van der Waals surface area contributed by atoms with Crippen LogP contribution >= 0.6 is 15.9 Å². The summed E-state index contributed by atoms with van der Waals surface area (Å²) in [6.07, 6.45) is -0.520. The van der Waals surface area contributed by atoms with Crippen LogP contribution in [0, 0.1) is 0 Å². The van der Waals surface area contributed by atoms with Crippen molar-refractivity contribution in [1.29, 1.82) is 0 Å². The quantitative estimate of drug-likeness (QED) is 0.861. The summed E-state index contributed by atoms with van der Waals surface area (Å²) in [6.45, 7) is 1.68. The molecule has 2 amide bonds. The second-order valence-corrected chi connectivity index (χ2v) is 5.75. The number of hydrogen-bond acceptors (Lipinski definition) is 3. The zero-order chi connectivity index (χ0) is 15.7. The van der Waals surface area contributed by atoms with Crippen molar-refractivity contribution >= 4 is 39.1 Å². The van der Waals surface area contributed by atoms with Gasteiger partial charge in [0.05, 0.1) is 11.3 Å². The van der Waals surface area contributed by atoms with Gasteiger partial charge < -0.3 is 15.4 Å². The van der Waals surface area contributed by atoms with Crippen molar-refractivity contribution < 1.29 is 14.3 Å². The van der Waals surface area contributed by atoms with Crippen molar-refractivity contribution in [2.75, 3.05) is 10.6 Å². The number of anilines is 2. The summed E-state index contributed by atoms with van der Waals surface area (Å²) in [5.41, 5.74) is 1.67. The van der Waals surface area contributed by atoms with E-state index in [0.29, 0.717) is 22.7 Å². The molecule has 1 heterocycles. The molecule has 1 atom stereocenters. The maximum Gasteiger partial charge on any atom is 0.265 e. The Labute approximate surface area is 135 Å². The Bertz CT molecular complexity index is 761. The smallest absolute Gasteiger partial charge is 0.265 e. The van der Waals surface area contributed by atoms with Gasteiger partial charge in [-0.2, -0.15) is 0 Å². The van der Waals surface area contributed by atoms with Crippen LogP contribution in [0.15, 0.2) is 46.9 Å². The van der Waals surface area contributed by atoms with Crippen molar-refractivity contribution in [2.45, 2.75) is 13.0 Å². The minimum absolute atomic E-state index is 0.207. The fraction of sp³-hybridized carbons (Fsp3) is 0.125. The molecule has 0 radical (unpaired) electrons. The molecule has 2 aromatic carbocycles. The fourth-order valence-electron chi connectivity index (χ4n) is 2.13. The van der Waals surface area contributed by atoms with E-state index in [1.807, 2.05) is 6.07 Å². The third-order valence-corrected chi connectivity index (χ3v) is 3.98. The third-order valence-electron chi connectivity index (χ3n) is 3.29. The third kappa shape index (κ3) is 2.82. The highest BCUT2D eigenvalue weighted by Gasteiger charge is 2.23. The number of nitrogens with one attached hydrogen (secondary N) is 2. The molecule has 112 valence electrons. The van der Waals surface area contributed by atoms with Crippen LogP contribution in [0.25, 0.3) is 0 Å². The van der Waals surface area contributed by atoms with Crippen LogP contribution in [-0.4, -0.2) is 17.9 Å². The van der Waals surface area contributed by atoms with E-state index in [9.17, 15) is 9.59 Å². The standard InChI is InChI=1S/C16H13BrN2O3/c1-9-15(20)19-13-8-10(6-7-14(13)22-9)18-16(21)11-4-2-3-5-12(11)17/h2-9H,1H3,(H,18,21)(H,19,20). The van der Waals surface area contributed by atoms with Crippen LogP contribution in [-0.2, 0) is 4.79 Å². The average molecular weight is 361 g/mol. The van der Waals surface area contributed by atoms with E-state index in [1.54, 1.807) is 43.3 Å². The van der Waals surface area contributed by atoms with Crippen molar-refractivity contribution in [3.63, 3.8) is 0 Å². The molecule has 5 nitrogen and oxygen atoms in total. The molecule has 3 rings (SSSR count). The Balaban J connectivity index is 1.82. The molecule has 1 unspecified atom stereocenters. The SMILES string of the molecule is CC1Oc2ccc(NC(=O)c3ccccc3Br)cc2NC1=O. The predicted octanol–water partition coefficient (Wildman–Crippen LogP) is 3.42. The molecule has 0 aromatic heterocycles. The van der Waals surface area contributed by atoms with Gasteiger partial charge in [-0.05, 0) is 53.2 Å². The first-order valence-corrected chi connectivity index (χ1v) is 7.51. The highest BCUT2D eigenvalue weighted by molar-refractivity contribution is 9.10. The highest BCUT2D eigenvalue weighted by Crippen LogP contribution is 2.32. The summed E-state index contributed by atoms with van der Waals surface area (Å²) in [6, 6.07) is 12.3. The van der Waals surface area contributed by atoms with Gasteiger partial charge in [0.1, 0.15) is 5.75 Å². The Hall–Kier alpha value is -2.34. The van der Waals surface area contributed by atoms with Crippen molar-refractivity contribution in [3.05, 3.63) is 52.5 Å². The number of carbonyl (C=O) groups excluding carboxylic acids is 2. The molecule has 0 spiro atoms. The van der Waals surface area contributed by atoms with E-state index >= 15 is 0 Å². The average Bonchev–Trinajstić information content (AvgIpc) is 2.49. The molecule has 6 heteroatoms. The number of fused-ring (bicyclic) bond motifs is 1. The summed E-state index contributed by atoms with van der Waals surface area (Å²) >= 11 is 3.35. The number of rotatable bonds is 2. The lowest BCUT2D eigenvalue weighted by Crippen LogP contribution is -2.34. The van der Waals surface area contributed by atoms with Gasteiger partial charge in [-0.1, -0.05) is 12.1 Å². The lowest BCUT2D eigenvalue weighted by Gasteiger charge is -2.23. The second kappa shape index (κ2) is 5.81. The summed E-state index contributed by atoms with van der Waals surface area (Å²) in [5.74, 6) is 0.150. The van der Waals surface area contributed by atoms with Gasteiger partial charge >= 0.3 is 0 Å². The normalized spacial score (nSPS) is 16.3. The monoisotopic (exact) mass is 360 g/mol. The van der Waals surface area contributed by atoms with Gasteiger partial charge in [-0.15, -0.1) is 0 Å². The lowest BCUT2D eigenvalue weighted by atomic mass is 10.2. The van der Waals surface area contributed by atoms with Gasteiger partial charge in [-0.3, -0.25) is 9.59 Å². The van der Waals surface area contributed by atoms with E-state index in [4.69, 9.17) is 4.74 Å². The fourth-order valence-corrected chi connectivity index (χ4v) is 2.60. The van der Waals surface area contributed by atoms with Crippen LogP contribution in [0.4, 0.5) is 11.4 Å². The van der Waals surface area contributed by atoms with Crippen LogP contribution in [0.5, 0.6) is 5.75 Å². The Morgan fingerprint density at radius 3 is 2.82 bits per heavy atom. The molecule has 2 aromatic rings.